The number of nitrogens with two attached hydrogens (primary N) is 1. The van der Waals surface area contributed by atoms with E-state index in [4.69, 9.17) is 5.73 Å². The van der Waals surface area contributed by atoms with Crippen LogP contribution in [-0.4, -0.2) is 6.04 Å². The fraction of sp³-hybridized carbons (Fsp3) is 1.00. The summed E-state index contributed by atoms with van der Waals surface area (Å²) in [7, 11) is 0. The van der Waals surface area contributed by atoms with Gasteiger partial charge in [-0.25, -0.2) is 0 Å². The van der Waals surface area contributed by atoms with E-state index < -0.39 is 0 Å². The number of hydrogen-bond acceptors (Lipinski definition) is 1. The quantitative estimate of drug-likeness (QED) is 0.530. The fourth-order valence-electron chi connectivity index (χ4n) is 1.64. The molecule has 1 spiro atoms. The lowest BCUT2D eigenvalue weighted by Crippen LogP contribution is -2.37. The lowest BCUT2D eigenvalue weighted by Gasteiger charge is -2.32. The molecular formula is C6H12ClN. The lowest BCUT2D eigenvalue weighted by atomic mass is 9.78. The lowest BCUT2D eigenvalue weighted by molar-refractivity contribution is 0.240. The third kappa shape index (κ3) is 0.741. The third-order valence-electron chi connectivity index (χ3n) is 2.35. The van der Waals surface area contributed by atoms with Crippen LogP contribution in [0.5, 0.6) is 0 Å². The van der Waals surface area contributed by atoms with Crippen molar-refractivity contribution in [3.05, 3.63) is 0 Å². The molecule has 0 unspecified atom stereocenters. The van der Waals surface area contributed by atoms with E-state index in [0.717, 1.165) is 5.41 Å². The zero-order valence-electron chi connectivity index (χ0n) is 4.89. The summed E-state index contributed by atoms with van der Waals surface area (Å²) < 4.78 is 0. The van der Waals surface area contributed by atoms with Gasteiger partial charge in [0.1, 0.15) is 0 Å². The first-order valence-corrected chi connectivity index (χ1v) is 3.06. The molecule has 8 heavy (non-hydrogen) atoms. The largest absolute Gasteiger partial charge is 0.328 e. The van der Waals surface area contributed by atoms with E-state index in [1.807, 2.05) is 0 Å². The zero-order valence-corrected chi connectivity index (χ0v) is 5.71. The summed E-state index contributed by atoms with van der Waals surface area (Å²) in [4.78, 5) is 0. The van der Waals surface area contributed by atoms with Gasteiger partial charge in [0.25, 0.3) is 0 Å². The van der Waals surface area contributed by atoms with E-state index in [1.54, 1.807) is 0 Å². The Hall–Kier alpha value is 0.250. The Balaban J connectivity index is 0.000000320. The van der Waals surface area contributed by atoms with Crippen LogP contribution in [0.4, 0.5) is 0 Å². The fourth-order valence-corrected chi connectivity index (χ4v) is 1.64. The molecule has 2 rings (SSSR count). The van der Waals surface area contributed by atoms with E-state index >= 15 is 0 Å². The van der Waals surface area contributed by atoms with Crippen molar-refractivity contribution in [2.45, 2.75) is 31.7 Å². The van der Waals surface area contributed by atoms with E-state index in [-0.39, 0.29) is 12.4 Å². The first kappa shape index (κ1) is 6.37. The van der Waals surface area contributed by atoms with Crippen molar-refractivity contribution in [2.24, 2.45) is 11.1 Å². The van der Waals surface area contributed by atoms with Crippen molar-refractivity contribution in [1.82, 2.24) is 0 Å². The molecule has 48 valence electrons. The number of hydrogen-bond donors (Lipinski definition) is 1. The molecule has 0 bridgehead atoms. The third-order valence-corrected chi connectivity index (χ3v) is 2.35. The SMILES string of the molecule is Cl.NC1CC2(CC2)C1. The maximum atomic E-state index is 5.59. The predicted molar refractivity (Wildman–Crippen MR) is 36.1 cm³/mol. The summed E-state index contributed by atoms with van der Waals surface area (Å²) in [6.07, 6.45) is 5.60. The molecule has 0 aromatic carbocycles. The molecule has 2 heteroatoms. The normalized spacial score (nSPS) is 31.1. The van der Waals surface area contributed by atoms with Gasteiger partial charge in [0.2, 0.25) is 0 Å². The van der Waals surface area contributed by atoms with Gasteiger partial charge in [-0.05, 0) is 31.1 Å². The highest BCUT2D eigenvalue weighted by Gasteiger charge is 2.51. The predicted octanol–water partition coefficient (Wildman–Crippen LogP) is 1.31. The van der Waals surface area contributed by atoms with Gasteiger partial charge in [-0.15, -0.1) is 12.4 Å². The van der Waals surface area contributed by atoms with Gasteiger partial charge in [-0.2, -0.15) is 0 Å². The summed E-state index contributed by atoms with van der Waals surface area (Å²) in [5, 5.41) is 0. The summed E-state index contributed by atoms with van der Waals surface area (Å²) in [6, 6.07) is 0.572. The Labute approximate surface area is 56.0 Å². The van der Waals surface area contributed by atoms with Crippen molar-refractivity contribution in [3.8, 4) is 0 Å². The minimum absolute atomic E-state index is 0. The highest BCUT2D eigenvalue weighted by atomic mass is 35.5. The van der Waals surface area contributed by atoms with Crippen molar-refractivity contribution < 1.29 is 0 Å². The maximum Gasteiger partial charge on any atom is 0.00494 e. The molecule has 2 saturated carbocycles. The number of rotatable bonds is 0. The Morgan fingerprint density at radius 2 is 1.75 bits per heavy atom. The average Bonchev–Trinajstić information content (AvgIpc) is 2.14. The van der Waals surface area contributed by atoms with Gasteiger partial charge in [0.05, 0.1) is 0 Å². The van der Waals surface area contributed by atoms with Gasteiger partial charge in [-0.3, -0.25) is 0 Å². The minimum Gasteiger partial charge on any atom is -0.328 e. The Kier molecular flexibility index (Phi) is 1.28. The van der Waals surface area contributed by atoms with Crippen LogP contribution in [0.15, 0.2) is 0 Å². The van der Waals surface area contributed by atoms with Crippen LogP contribution in [0.1, 0.15) is 25.7 Å². The van der Waals surface area contributed by atoms with Crippen LogP contribution in [0.3, 0.4) is 0 Å². The molecule has 0 heterocycles. The molecule has 0 atom stereocenters. The molecule has 0 amide bonds. The molecule has 2 fully saturated rings. The van der Waals surface area contributed by atoms with Crippen LogP contribution >= 0.6 is 12.4 Å². The summed E-state index contributed by atoms with van der Waals surface area (Å²) >= 11 is 0. The molecule has 0 aromatic heterocycles. The van der Waals surface area contributed by atoms with E-state index in [9.17, 15) is 0 Å². The molecule has 1 nitrogen and oxygen atoms in total. The molecule has 0 aliphatic heterocycles. The molecule has 0 saturated heterocycles. The highest BCUT2D eigenvalue weighted by molar-refractivity contribution is 5.85. The highest BCUT2D eigenvalue weighted by Crippen LogP contribution is 2.59. The van der Waals surface area contributed by atoms with Crippen LogP contribution in [-0.2, 0) is 0 Å². The van der Waals surface area contributed by atoms with Crippen LogP contribution < -0.4 is 5.73 Å². The molecule has 2 N–H and O–H groups in total. The van der Waals surface area contributed by atoms with E-state index in [2.05, 4.69) is 0 Å². The summed E-state index contributed by atoms with van der Waals surface area (Å²) in [5.41, 5.74) is 6.41. The standard InChI is InChI=1S/C6H11N.ClH/c7-5-3-6(4-5)1-2-6;/h5H,1-4,7H2;1H. The molecule has 0 aromatic rings. The first-order chi connectivity index (χ1) is 3.31. The molecule has 2 aliphatic rings. The minimum atomic E-state index is 0. The summed E-state index contributed by atoms with van der Waals surface area (Å²) in [5.74, 6) is 0. The first-order valence-electron chi connectivity index (χ1n) is 3.06. The average molecular weight is 134 g/mol. The monoisotopic (exact) mass is 133 g/mol. The van der Waals surface area contributed by atoms with Gasteiger partial charge in [0, 0.05) is 6.04 Å². The van der Waals surface area contributed by atoms with E-state index in [1.165, 1.54) is 25.7 Å². The molecular weight excluding hydrogens is 122 g/mol. The van der Waals surface area contributed by atoms with Crippen molar-refractivity contribution >= 4 is 12.4 Å². The zero-order chi connectivity index (χ0) is 4.91. The summed E-state index contributed by atoms with van der Waals surface area (Å²) in [6.45, 7) is 0. The second kappa shape index (κ2) is 1.61. The smallest absolute Gasteiger partial charge is 0.00494 e. The van der Waals surface area contributed by atoms with Crippen LogP contribution in [0.25, 0.3) is 0 Å². The van der Waals surface area contributed by atoms with Gasteiger partial charge in [-0.1, -0.05) is 0 Å². The second-order valence-electron chi connectivity index (χ2n) is 3.17. The van der Waals surface area contributed by atoms with Gasteiger partial charge in [0.15, 0.2) is 0 Å². The molecule has 2 aliphatic carbocycles. The van der Waals surface area contributed by atoms with Gasteiger partial charge < -0.3 is 5.73 Å². The van der Waals surface area contributed by atoms with Crippen LogP contribution in [0.2, 0.25) is 0 Å². The maximum absolute atomic E-state index is 5.59. The Morgan fingerprint density at radius 1 is 1.25 bits per heavy atom. The van der Waals surface area contributed by atoms with Crippen molar-refractivity contribution in [3.63, 3.8) is 0 Å². The Morgan fingerprint density at radius 3 is 1.88 bits per heavy atom. The van der Waals surface area contributed by atoms with E-state index in [0.29, 0.717) is 6.04 Å². The van der Waals surface area contributed by atoms with Crippen LogP contribution in [0, 0.1) is 5.41 Å². The second-order valence-corrected chi connectivity index (χ2v) is 3.17. The van der Waals surface area contributed by atoms with Crippen molar-refractivity contribution in [1.29, 1.82) is 0 Å². The Bertz CT molecular complexity index is 90.7. The van der Waals surface area contributed by atoms with Gasteiger partial charge >= 0.3 is 0 Å². The number of halogens is 1. The topological polar surface area (TPSA) is 26.0 Å². The molecule has 0 radical (unpaired) electrons. The van der Waals surface area contributed by atoms with Crippen molar-refractivity contribution in [2.75, 3.05) is 0 Å².